The van der Waals surface area contributed by atoms with Crippen LogP contribution in [0.15, 0.2) is 144 Å². The summed E-state index contributed by atoms with van der Waals surface area (Å²) in [4.78, 5) is 10.8. The van der Waals surface area contributed by atoms with E-state index in [1.165, 1.54) is 11.1 Å². The van der Waals surface area contributed by atoms with Gasteiger partial charge < -0.3 is 9.52 Å². The number of aryl methyl sites for hydroxylation is 2. The van der Waals surface area contributed by atoms with Gasteiger partial charge in [-0.1, -0.05) is 150 Å². The number of phenols is 1. The van der Waals surface area contributed by atoms with Gasteiger partial charge in [-0.15, -0.1) is 18.2 Å². The van der Waals surface area contributed by atoms with Crippen molar-refractivity contribution in [2.45, 2.75) is 66.2 Å². The van der Waals surface area contributed by atoms with Crippen LogP contribution in [-0.2, 0) is 31.9 Å². The molecule has 0 saturated carbocycles. The fraction of sp³-hybridized carbons (Fsp3) is 0.185. The van der Waals surface area contributed by atoms with Crippen LogP contribution >= 0.6 is 0 Å². The summed E-state index contributed by atoms with van der Waals surface area (Å²) < 4.78 is 8.86. The molecule has 6 aromatic carbocycles. The van der Waals surface area contributed by atoms with Crippen molar-refractivity contribution in [1.29, 1.82) is 0 Å². The molecule has 0 radical (unpaired) electrons. The van der Waals surface area contributed by atoms with E-state index in [1.54, 1.807) is 0 Å². The van der Waals surface area contributed by atoms with Gasteiger partial charge in [-0.2, -0.15) is 0 Å². The molecule has 0 aliphatic heterocycles. The van der Waals surface area contributed by atoms with Crippen LogP contribution in [0, 0.1) is 19.9 Å². The number of phenolic OH excluding ortho intramolecular Hbond substituents is 1. The smallest absolute Gasteiger partial charge is 0.149 e. The van der Waals surface area contributed by atoms with Gasteiger partial charge in [0.25, 0.3) is 0 Å². The summed E-state index contributed by atoms with van der Waals surface area (Å²) in [7, 11) is 0. The van der Waals surface area contributed by atoms with E-state index in [1.807, 2.05) is 36.4 Å². The van der Waals surface area contributed by atoms with Gasteiger partial charge in [0, 0.05) is 43.3 Å². The fourth-order valence-electron chi connectivity index (χ4n) is 8.32. The molecule has 0 amide bonds. The number of hydrogen-bond acceptors (Lipinski definition) is 4. The van der Waals surface area contributed by atoms with Gasteiger partial charge in [-0.05, 0) is 83.0 Å². The van der Waals surface area contributed by atoms with Crippen LogP contribution in [0.1, 0.15) is 63.8 Å². The Hall–Kier alpha value is -6.03. The SMILES string of the molecule is Cc1cccc(C)c1-c1cc2cc[c-]c(-c3cccc(-c4cccc5c4nc(-c4cc(C(C)(C)C)cc(C(C)(C)C)c4O)n5-c4ccccc4-c4ccccc4)n3)c2o1.[Pt]. The number of para-hydroxylation sites is 2. The van der Waals surface area contributed by atoms with Gasteiger partial charge in [0.05, 0.1) is 33.6 Å². The number of benzene rings is 6. The minimum atomic E-state index is -0.318. The third-order valence-electron chi connectivity index (χ3n) is 11.4. The van der Waals surface area contributed by atoms with Crippen molar-refractivity contribution in [3.05, 3.63) is 168 Å². The summed E-state index contributed by atoms with van der Waals surface area (Å²) in [6.45, 7) is 17.3. The average Bonchev–Trinajstić information content (AvgIpc) is 3.82. The maximum Gasteiger partial charge on any atom is 0.149 e. The van der Waals surface area contributed by atoms with Crippen LogP contribution in [-0.4, -0.2) is 19.6 Å². The second kappa shape index (κ2) is 15.5. The Kier molecular flexibility index (Phi) is 10.5. The second-order valence-electron chi connectivity index (χ2n) is 17.7. The van der Waals surface area contributed by atoms with Gasteiger partial charge in [-0.25, -0.2) is 4.98 Å². The van der Waals surface area contributed by atoms with Gasteiger partial charge in [0.1, 0.15) is 17.3 Å². The van der Waals surface area contributed by atoms with E-state index in [0.29, 0.717) is 11.4 Å². The van der Waals surface area contributed by atoms with Gasteiger partial charge in [0.2, 0.25) is 0 Å². The normalized spacial score (nSPS) is 11.9. The first-order valence-corrected chi connectivity index (χ1v) is 20.3. The maximum absolute atomic E-state index is 12.3. The van der Waals surface area contributed by atoms with Crippen LogP contribution in [0.5, 0.6) is 5.75 Å². The summed E-state index contributed by atoms with van der Waals surface area (Å²) in [6, 6.07) is 51.4. The molecule has 302 valence electrons. The van der Waals surface area contributed by atoms with Crippen LogP contribution in [0.4, 0.5) is 0 Å². The first-order valence-electron chi connectivity index (χ1n) is 20.3. The molecule has 0 saturated heterocycles. The van der Waals surface area contributed by atoms with Crippen molar-refractivity contribution in [2.75, 3.05) is 0 Å². The summed E-state index contributed by atoms with van der Waals surface area (Å²) in [6.07, 6.45) is 0. The van der Waals surface area contributed by atoms with Crippen molar-refractivity contribution < 1.29 is 30.6 Å². The minimum Gasteiger partial charge on any atom is -0.507 e. The summed E-state index contributed by atoms with van der Waals surface area (Å²) >= 11 is 0. The fourth-order valence-corrected chi connectivity index (χ4v) is 8.32. The molecule has 9 aromatic rings. The van der Waals surface area contributed by atoms with E-state index < -0.39 is 0 Å². The van der Waals surface area contributed by atoms with E-state index in [0.717, 1.165) is 83.8 Å². The quantitative estimate of drug-likeness (QED) is 0.169. The minimum absolute atomic E-state index is 0. The van der Waals surface area contributed by atoms with Gasteiger partial charge in [-0.3, -0.25) is 9.55 Å². The Labute approximate surface area is 367 Å². The zero-order valence-corrected chi connectivity index (χ0v) is 37.6. The monoisotopic (exact) mass is 965 g/mol. The third kappa shape index (κ3) is 7.20. The molecule has 0 aliphatic rings. The second-order valence-corrected chi connectivity index (χ2v) is 17.7. The largest absolute Gasteiger partial charge is 0.507 e. The summed E-state index contributed by atoms with van der Waals surface area (Å²) in [5, 5.41) is 13.3. The molecular weight excluding hydrogens is 918 g/mol. The Morgan fingerprint density at radius 3 is 2.03 bits per heavy atom. The van der Waals surface area contributed by atoms with E-state index in [-0.39, 0.29) is 37.6 Å². The van der Waals surface area contributed by atoms with E-state index >= 15 is 0 Å². The van der Waals surface area contributed by atoms with Crippen LogP contribution in [0.3, 0.4) is 0 Å². The first-order chi connectivity index (χ1) is 28.3. The zero-order valence-electron chi connectivity index (χ0n) is 35.3. The number of aromatic nitrogens is 3. The molecule has 0 spiro atoms. The van der Waals surface area contributed by atoms with Crippen molar-refractivity contribution in [3.63, 3.8) is 0 Å². The number of rotatable bonds is 6. The molecular formula is C54H48N3O2Pt-. The van der Waals surface area contributed by atoms with Crippen molar-refractivity contribution in [2.24, 2.45) is 0 Å². The summed E-state index contributed by atoms with van der Waals surface area (Å²) in [5.41, 5.74) is 14.4. The Balaban J connectivity index is 0.00000499. The Morgan fingerprint density at radius 2 is 1.30 bits per heavy atom. The number of aromatic hydroxyl groups is 1. The van der Waals surface area contributed by atoms with Crippen LogP contribution in [0.2, 0.25) is 0 Å². The molecule has 0 unspecified atom stereocenters. The molecule has 0 fully saturated rings. The standard InChI is InChI=1S/C54H48N3O2.Pt/c1-33-18-14-19-34(2)48(33)47-30-36-22-15-25-40(51(36)59-47)44-27-17-26-43(55-44)39-24-16-29-46-49(39)56-52(41-31-37(53(3,4)5)32-42(50(41)58)54(6,7)8)57(46)45-28-13-12-23-38(45)35-20-10-9-11-21-35;/h9-24,26-32,58H,1-8H3;/q-1;. The third-order valence-corrected chi connectivity index (χ3v) is 11.4. The number of imidazole rings is 1. The molecule has 60 heavy (non-hydrogen) atoms. The predicted molar refractivity (Wildman–Crippen MR) is 243 cm³/mol. The van der Waals surface area contributed by atoms with Crippen LogP contribution in [0.25, 0.3) is 84.0 Å². The molecule has 9 rings (SSSR count). The molecule has 6 heteroatoms. The molecule has 3 aromatic heterocycles. The van der Waals surface area contributed by atoms with Crippen molar-refractivity contribution >= 4 is 22.0 Å². The first kappa shape index (κ1) is 40.7. The average molecular weight is 966 g/mol. The van der Waals surface area contributed by atoms with E-state index in [4.69, 9.17) is 14.4 Å². The van der Waals surface area contributed by atoms with Gasteiger partial charge in [0.15, 0.2) is 0 Å². The van der Waals surface area contributed by atoms with Gasteiger partial charge >= 0.3 is 0 Å². The van der Waals surface area contributed by atoms with Crippen molar-refractivity contribution in [3.8, 4) is 67.8 Å². The molecule has 1 N–H and O–H groups in total. The molecule has 3 heterocycles. The van der Waals surface area contributed by atoms with E-state index in [9.17, 15) is 5.11 Å². The number of hydrogen-bond donors (Lipinski definition) is 1. The number of pyridine rings is 1. The molecule has 0 bridgehead atoms. The van der Waals surface area contributed by atoms with Crippen LogP contribution < -0.4 is 0 Å². The Morgan fingerprint density at radius 1 is 0.633 bits per heavy atom. The number of fused-ring (bicyclic) bond motifs is 2. The number of nitrogens with zero attached hydrogens (tertiary/aromatic N) is 3. The number of furan rings is 1. The maximum atomic E-state index is 12.3. The molecule has 0 aliphatic carbocycles. The predicted octanol–water partition coefficient (Wildman–Crippen LogP) is 14.2. The zero-order chi connectivity index (χ0) is 41.2. The van der Waals surface area contributed by atoms with Crippen molar-refractivity contribution in [1.82, 2.24) is 14.5 Å². The molecule has 5 nitrogen and oxygen atoms in total. The topological polar surface area (TPSA) is 64.1 Å². The Bertz CT molecular complexity index is 3030. The molecule has 0 atom stereocenters. The summed E-state index contributed by atoms with van der Waals surface area (Å²) in [5.74, 6) is 1.73. The van der Waals surface area contributed by atoms with E-state index in [2.05, 4.69) is 169 Å².